The second-order valence-electron chi connectivity index (χ2n) is 5.79. The quantitative estimate of drug-likeness (QED) is 0.540. The van der Waals surface area contributed by atoms with E-state index in [9.17, 15) is 0 Å². The lowest BCUT2D eigenvalue weighted by Crippen LogP contribution is -1.99. The summed E-state index contributed by atoms with van der Waals surface area (Å²) in [4.78, 5) is 5.81. The van der Waals surface area contributed by atoms with Crippen molar-refractivity contribution in [1.29, 1.82) is 0 Å². The Balaban J connectivity index is 1.82. The van der Waals surface area contributed by atoms with Crippen LogP contribution in [-0.4, -0.2) is 23.7 Å². The fourth-order valence-electron chi connectivity index (χ4n) is 3.15. The molecule has 0 radical (unpaired) electrons. The SMILES string of the molecule is CNSc1ccc(Cn2c3ccc(OC)cc3c3ncccc32)cc1. The molecular weight excluding hydrogens is 330 g/mol. The van der Waals surface area contributed by atoms with Gasteiger partial charge in [0.1, 0.15) is 5.75 Å². The third-order valence-corrected chi connectivity index (χ3v) is 5.02. The zero-order chi connectivity index (χ0) is 17.2. The largest absolute Gasteiger partial charge is 0.497 e. The van der Waals surface area contributed by atoms with Crippen molar-refractivity contribution in [2.45, 2.75) is 11.4 Å². The van der Waals surface area contributed by atoms with Crippen LogP contribution in [-0.2, 0) is 6.54 Å². The highest BCUT2D eigenvalue weighted by Crippen LogP contribution is 2.31. The van der Waals surface area contributed by atoms with Gasteiger partial charge in [-0.3, -0.25) is 9.71 Å². The van der Waals surface area contributed by atoms with Crippen molar-refractivity contribution in [1.82, 2.24) is 14.3 Å². The molecule has 0 saturated heterocycles. The van der Waals surface area contributed by atoms with Gasteiger partial charge in [0.15, 0.2) is 0 Å². The minimum absolute atomic E-state index is 0.808. The van der Waals surface area contributed by atoms with Gasteiger partial charge < -0.3 is 9.30 Å². The Bertz CT molecular complexity index is 1020. The highest BCUT2D eigenvalue weighted by atomic mass is 32.2. The Kier molecular flexibility index (Phi) is 4.34. The van der Waals surface area contributed by atoms with Gasteiger partial charge >= 0.3 is 0 Å². The van der Waals surface area contributed by atoms with Crippen molar-refractivity contribution >= 4 is 33.9 Å². The van der Waals surface area contributed by atoms with Gasteiger partial charge in [-0.1, -0.05) is 12.1 Å². The van der Waals surface area contributed by atoms with E-state index < -0.39 is 0 Å². The zero-order valence-electron chi connectivity index (χ0n) is 14.2. The van der Waals surface area contributed by atoms with Gasteiger partial charge in [0, 0.05) is 23.0 Å². The van der Waals surface area contributed by atoms with E-state index in [0.29, 0.717) is 0 Å². The number of fused-ring (bicyclic) bond motifs is 3. The van der Waals surface area contributed by atoms with E-state index in [1.165, 1.54) is 16.0 Å². The topological polar surface area (TPSA) is 39.1 Å². The standard InChI is InChI=1S/C20H19N3OS/c1-21-25-16-8-5-14(6-9-16)13-23-18-10-7-15(24-2)12-17(18)20-19(23)4-3-11-22-20/h3-12,21H,13H2,1-2H3. The Labute approximate surface area is 151 Å². The Morgan fingerprint density at radius 1 is 1.08 bits per heavy atom. The summed E-state index contributed by atoms with van der Waals surface area (Å²) in [6.45, 7) is 0.808. The molecule has 126 valence electrons. The first kappa shape index (κ1) is 16.0. The lowest BCUT2D eigenvalue weighted by atomic mass is 10.2. The third kappa shape index (κ3) is 2.97. The molecule has 2 aromatic heterocycles. The van der Waals surface area contributed by atoms with Crippen LogP contribution < -0.4 is 9.46 Å². The molecule has 0 fully saturated rings. The van der Waals surface area contributed by atoms with Crippen LogP contribution in [0.25, 0.3) is 21.9 Å². The van der Waals surface area contributed by atoms with Gasteiger partial charge in [-0.15, -0.1) is 0 Å². The maximum atomic E-state index is 5.39. The zero-order valence-corrected chi connectivity index (χ0v) is 15.0. The smallest absolute Gasteiger partial charge is 0.119 e. The summed E-state index contributed by atoms with van der Waals surface area (Å²) in [6, 6.07) is 18.9. The van der Waals surface area contributed by atoms with Crippen LogP contribution in [0.3, 0.4) is 0 Å². The van der Waals surface area contributed by atoms with Gasteiger partial charge in [0.25, 0.3) is 0 Å². The van der Waals surface area contributed by atoms with Crippen LogP contribution in [0.1, 0.15) is 5.56 Å². The Hall–Kier alpha value is -2.50. The van der Waals surface area contributed by atoms with Gasteiger partial charge in [-0.05, 0) is 67.0 Å². The van der Waals surface area contributed by atoms with Crippen molar-refractivity contribution in [3.8, 4) is 5.75 Å². The fraction of sp³-hybridized carbons (Fsp3) is 0.150. The minimum atomic E-state index is 0.808. The second-order valence-corrected chi connectivity index (χ2v) is 6.87. The van der Waals surface area contributed by atoms with E-state index in [1.54, 1.807) is 19.1 Å². The predicted octanol–water partition coefficient (Wildman–Crippen LogP) is 4.47. The molecule has 0 spiro atoms. The van der Waals surface area contributed by atoms with Crippen LogP contribution in [0, 0.1) is 0 Å². The lowest BCUT2D eigenvalue weighted by molar-refractivity contribution is 0.415. The Morgan fingerprint density at radius 3 is 2.68 bits per heavy atom. The monoisotopic (exact) mass is 349 g/mol. The number of methoxy groups -OCH3 is 1. The third-order valence-electron chi connectivity index (χ3n) is 4.31. The maximum Gasteiger partial charge on any atom is 0.119 e. The maximum absolute atomic E-state index is 5.39. The molecule has 2 heterocycles. The molecular formula is C20H19N3OS. The molecule has 0 atom stereocenters. The predicted molar refractivity (Wildman–Crippen MR) is 104 cm³/mol. The molecule has 0 aliphatic carbocycles. The number of rotatable bonds is 5. The summed E-state index contributed by atoms with van der Waals surface area (Å²) in [7, 11) is 3.62. The van der Waals surface area contributed by atoms with Crippen molar-refractivity contribution in [2.24, 2.45) is 0 Å². The van der Waals surface area contributed by atoms with Gasteiger partial charge in [0.2, 0.25) is 0 Å². The molecule has 0 saturated carbocycles. The summed E-state index contributed by atoms with van der Waals surface area (Å²) in [5.41, 5.74) is 4.58. The average molecular weight is 349 g/mol. The van der Waals surface area contributed by atoms with E-state index in [0.717, 1.165) is 28.7 Å². The molecule has 5 heteroatoms. The molecule has 0 bridgehead atoms. The molecule has 2 aromatic carbocycles. The number of nitrogens with zero attached hydrogens (tertiary/aromatic N) is 2. The molecule has 0 aliphatic rings. The van der Waals surface area contributed by atoms with E-state index in [2.05, 4.69) is 56.7 Å². The molecule has 0 aliphatic heterocycles. The number of pyridine rings is 1. The van der Waals surface area contributed by atoms with E-state index >= 15 is 0 Å². The fourth-order valence-corrected chi connectivity index (χ4v) is 3.66. The van der Waals surface area contributed by atoms with Crippen LogP contribution in [0.4, 0.5) is 0 Å². The molecule has 0 unspecified atom stereocenters. The molecule has 4 aromatic rings. The molecule has 25 heavy (non-hydrogen) atoms. The number of hydrogen-bond acceptors (Lipinski definition) is 4. The minimum Gasteiger partial charge on any atom is -0.497 e. The number of benzene rings is 2. The molecule has 4 rings (SSSR count). The lowest BCUT2D eigenvalue weighted by Gasteiger charge is -2.09. The first-order valence-corrected chi connectivity index (χ1v) is 8.95. The van der Waals surface area contributed by atoms with Crippen molar-refractivity contribution in [2.75, 3.05) is 14.2 Å². The number of hydrogen-bond donors (Lipinski definition) is 1. The highest BCUT2D eigenvalue weighted by Gasteiger charge is 2.12. The Morgan fingerprint density at radius 2 is 1.92 bits per heavy atom. The van der Waals surface area contributed by atoms with Crippen LogP contribution in [0.5, 0.6) is 5.75 Å². The summed E-state index contributed by atoms with van der Waals surface area (Å²) in [5, 5.41) is 1.12. The van der Waals surface area contributed by atoms with Gasteiger partial charge in [-0.25, -0.2) is 0 Å². The van der Waals surface area contributed by atoms with Crippen molar-refractivity contribution in [3.05, 3.63) is 66.4 Å². The first-order chi connectivity index (χ1) is 12.3. The second kappa shape index (κ2) is 6.78. The van der Waals surface area contributed by atoms with Crippen LogP contribution in [0.15, 0.2) is 65.7 Å². The summed E-state index contributed by atoms with van der Waals surface area (Å²) in [5.74, 6) is 0.852. The van der Waals surface area contributed by atoms with E-state index in [-0.39, 0.29) is 0 Å². The molecule has 1 N–H and O–H groups in total. The number of aromatic nitrogens is 2. The van der Waals surface area contributed by atoms with Crippen LogP contribution >= 0.6 is 11.9 Å². The number of ether oxygens (including phenoxy) is 1. The van der Waals surface area contributed by atoms with Crippen LogP contribution in [0.2, 0.25) is 0 Å². The molecule has 4 nitrogen and oxygen atoms in total. The summed E-state index contributed by atoms with van der Waals surface area (Å²) < 4.78 is 10.8. The van der Waals surface area contributed by atoms with Gasteiger partial charge in [-0.2, -0.15) is 0 Å². The first-order valence-electron chi connectivity index (χ1n) is 8.13. The summed E-state index contributed by atoms with van der Waals surface area (Å²) >= 11 is 1.62. The van der Waals surface area contributed by atoms with Crippen molar-refractivity contribution < 1.29 is 4.74 Å². The number of nitrogens with one attached hydrogen (secondary N) is 1. The van der Waals surface area contributed by atoms with E-state index in [4.69, 9.17) is 4.74 Å². The normalized spacial score (nSPS) is 11.3. The average Bonchev–Trinajstić information content (AvgIpc) is 2.97. The highest BCUT2D eigenvalue weighted by molar-refractivity contribution is 7.97. The molecule has 0 amide bonds. The summed E-state index contributed by atoms with van der Waals surface area (Å²) in [6.07, 6.45) is 1.84. The van der Waals surface area contributed by atoms with E-state index in [1.807, 2.05) is 25.4 Å². The van der Waals surface area contributed by atoms with Crippen molar-refractivity contribution in [3.63, 3.8) is 0 Å². The van der Waals surface area contributed by atoms with Gasteiger partial charge in [0.05, 0.1) is 23.7 Å².